The quantitative estimate of drug-likeness (QED) is 0.615. The topological polar surface area (TPSA) is 11.3 Å². The lowest BCUT2D eigenvalue weighted by Gasteiger charge is -2.26. The molecular weight excluding hydrogens is 294 g/mol. The molecule has 0 heterocycles. The van der Waals surface area contributed by atoms with Crippen molar-refractivity contribution in [3.63, 3.8) is 0 Å². The van der Waals surface area contributed by atoms with E-state index in [0.717, 1.165) is 5.92 Å². The van der Waals surface area contributed by atoms with E-state index in [2.05, 4.69) is 18.1 Å². The highest BCUT2D eigenvalue weighted by atomic mass is 19.2. The van der Waals surface area contributed by atoms with Crippen LogP contribution in [0.4, 0.5) is 8.78 Å². The van der Waals surface area contributed by atoms with Gasteiger partial charge in [0.2, 0.25) is 0 Å². The van der Waals surface area contributed by atoms with E-state index in [4.69, 9.17) is 0 Å². The van der Waals surface area contributed by atoms with E-state index in [1.165, 1.54) is 43.4 Å². The molecule has 3 heteroatoms. The molecule has 0 bridgehead atoms. The van der Waals surface area contributed by atoms with E-state index in [1.54, 1.807) is 0 Å². The average Bonchev–Trinajstić information content (AvgIpc) is 2.58. The highest BCUT2D eigenvalue weighted by molar-refractivity contribution is 5.65. The summed E-state index contributed by atoms with van der Waals surface area (Å²) in [5, 5.41) is 0. The standard InChI is InChI=1S/C20H21F2O/c1-13-3-5-14(6-4-13)15-7-9-16(10-8-15)17-11-12-18(23-2)20(22)19(17)21/h7-14H,2-6H2,1H3/q+1. The van der Waals surface area contributed by atoms with E-state index in [1.807, 2.05) is 24.3 Å². The number of halogens is 2. The Hall–Kier alpha value is -2.03. The van der Waals surface area contributed by atoms with Crippen LogP contribution in [0.2, 0.25) is 0 Å². The average molecular weight is 315 g/mol. The Labute approximate surface area is 135 Å². The van der Waals surface area contributed by atoms with E-state index < -0.39 is 11.6 Å². The van der Waals surface area contributed by atoms with Crippen molar-refractivity contribution in [3.05, 3.63) is 53.6 Å². The molecule has 0 unspecified atom stereocenters. The minimum absolute atomic E-state index is 0.181. The molecule has 2 aromatic rings. The van der Waals surface area contributed by atoms with Crippen LogP contribution in [0, 0.1) is 17.6 Å². The fourth-order valence-corrected chi connectivity index (χ4v) is 3.39. The Morgan fingerprint density at radius 2 is 1.57 bits per heavy atom. The van der Waals surface area contributed by atoms with Crippen LogP contribution in [0.3, 0.4) is 0 Å². The van der Waals surface area contributed by atoms with Crippen molar-refractivity contribution in [2.75, 3.05) is 0 Å². The number of benzene rings is 2. The van der Waals surface area contributed by atoms with E-state index in [-0.39, 0.29) is 11.3 Å². The van der Waals surface area contributed by atoms with E-state index in [9.17, 15) is 8.78 Å². The van der Waals surface area contributed by atoms with E-state index in [0.29, 0.717) is 11.5 Å². The van der Waals surface area contributed by atoms with Gasteiger partial charge in [-0.3, -0.25) is 0 Å². The monoisotopic (exact) mass is 315 g/mol. The summed E-state index contributed by atoms with van der Waals surface area (Å²) in [7, 11) is 0. The number of carbonyl (C=O) groups excluding carboxylic acids is 1. The Kier molecular flexibility index (Phi) is 4.56. The highest BCUT2D eigenvalue weighted by Crippen LogP contribution is 2.36. The lowest BCUT2D eigenvalue weighted by Crippen LogP contribution is -2.10. The minimum Gasteiger partial charge on any atom is -0.221 e. The van der Waals surface area contributed by atoms with Crippen molar-refractivity contribution in [2.24, 2.45) is 5.92 Å². The Balaban J connectivity index is 1.85. The van der Waals surface area contributed by atoms with Crippen molar-refractivity contribution in [1.29, 1.82) is 0 Å². The van der Waals surface area contributed by atoms with Crippen molar-refractivity contribution in [2.45, 2.75) is 38.5 Å². The molecule has 1 aliphatic carbocycles. The molecule has 1 aliphatic rings. The lowest BCUT2D eigenvalue weighted by atomic mass is 9.79. The molecule has 0 N–H and O–H groups in total. The van der Waals surface area contributed by atoms with Crippen molar-refractivity contribution >= 4 is 6.79 Å². The van der Waals surface area contributed by atoms with Gasteiger partial charge in [-0.15, -0.1) is 0 Å². The molecule has 0 atom stereocenters. The van der Waals surface area contributed by atoms with Gasteiger partial charge in [-0.1, -0.05) is 44.0 Å². The predicted octanol–water partition coefficient (Wildman–Crippen LogP) is 6.00. The summed E-state index contributed by atoms with van der Waals surface area (Å²) in [5.74, 6) is -0.674. The third-order valence-electron chi connectivity index (χ3n) is 4.91. The minimum atomic E-state index is -0.997. The Bertz CT molecular complexity index is 698. The fraction of sp³-hybridized carbons (Fsp3) is 0.350. The van der Waals surface area contributed by atoms with Crippen LogP contribution >= 0.6 is 0 Å². The summed E-state index contributed by atoms with van der Waals surface area (Å²) in [6, 6.07) is 10.7. The third-order valence-corrected chi connectivity index (χ3v) is 4.91. The summed E-state index contributed by atoms with van der Waals surface area (Å²) in [6.07, 6.45) is 4.94. The molecule has 0 radical (unpaired) electrons. The fourth-order valence-electron chi connectivity index (χ4n) is 3.39. The zero-order chi connectivity index (χ0) is 16.4. The molecular formula is C20H21F2O+. The van der Waals surface area contributed by atoms with Gasteiger partial charge >= 0.3 is 5.75 Å². The van der Waals surface area contributed by atoms with Crippen molar-refractivity contribution in [3.8, 4) is 16.9 Å². The van der Waals surface area contributed by atoms with Gasteiger partial charge in [0.25, 0.3) is 12.6 Å². The van der Waals surface area contributed by atoms with Gasteiger partial charge in [0.1, 0.15) is 0 Å². The Morgan fingerprint density at radius 3 is 2.17 bits per heavy atom. The second-order valence-electron chi connectivity index (χ2n) is 6.46. The maximum atomic E-state index is 14.2. The molecule has 1 nitrogen and oxygen atoms in total. The number of hydrogen-bond acceptors (Lipinski definition) is 0. The lowest BCUT2D eigenvalue weighted by molar-refractivity contribution is -0.358. The highest BCUT2D eigenvalue weighted by Gasteiger charge is 2.22. The predicted molar refractivity (Wildman–Crippen MR) is 88.7 cm³/mol. The first kappa shape index (κ1) is 15.9. The van der Waals surface area contributed by atoms with Gasteiger partial charge in [-0.2, -0.15) is 4.39 Å². The third kappa shape index (κ3) is 3.19. The molecule has 3 rings (SSSR count). The van der Waals surface area contributed by atoms with Gasteiger partial charge in [0.05, 0.1) is 0 Å². The van der Waals surface area contributed by atoms with Crippen LogP contribution in [0.5, 0.6) is 5.75 Å². The van der Waals surface area contributed by atoms with Crippen LogP contribution in [0.15, 0.2) is 36.4 Å². The Morgan fingerprint density at radius 1 is 0.913 bits per heavy atom. The largest absolute Gasteiger partial charge is 0.390 e. The molecule has 23 heavy (non-hydrogen) atoms. The first-order chi connectivity index (χ1) is 11.1. The summed E-state index contributed by atoms with van der Waals surface area (Å²) in [5.41, 5.74) is 2.20. The summed E-state index contributed by atoms with van der Waals surface area (Å²) >= 11 is 0. The maximum absolute atomic E-state index is 14.2. The second-order valence-corrected chi connectivity index (χ2v) is 6.46. The summed E-state index contributed by atoms with van der Waals surface area (Å²) < 4.78 is 32.5. The molecule has 0 spiro atoms. The first-order valence-electron chi connectivity index (χ1n) is 8.10. The zero-order valence-corrected chi connectivity index (χ0v) is 13.3. The van der Waals surface area contributed by atoms with Crippen molar-refractivity contribution in [1.82, 2.24) is 0 Å². The van der Waals surface area contributed by atoms with E-state index >= 15 is 0 Å². The SMILES string of the molecule is C=[O+]c1ccc(-c2ccc(C3CCC(C)CC3)cc2)c(F)c1F. The molecule has 0 saturated heterocycles. The van der Waals surface area contributed by atoms with Crippen LogP contribution < -0.4 is 0 Å². The normalized spacial score (nSPS) is 21.2. The smallest absolute Gasteiger partial charge is 0.221 e. The van der Waals surface area contributed by atoms with Gasteiger partial charge in [-0.25, -0.2) is 8.82 Å². The molecule has 120 valence electrons. The second kappa shape index (κ2) is 6.61. The van der Waals surface area contributed by atoms with Crippen LogP contribution in [0.25, 0.3) is 11.1 Å². The maximum Gasteiger partial charge on any atom is 0.390 e. The number of rotatable bonds is 3. The summed E-state index contributed by atoms with van der Waals surface area (Å²) in [4.78, 5) is 0. The molecule has 1 saturated carbocycles. The van der Waals surface area contributed by atoms with Crippen LogP contribution in [-0.2, 0) is 4.42 Å². The first-order valence-corrected chi connectivity index (χ1v) is 8.10. The van der Waals surface area contributed by atoms with Gasteiger partial charge in [-0.05, 0) is 41.9 Å². The molecule has 0 aromatic heterocycles. The van der Waals surface area contributed by atoms with Crippen molar-refractivity contribution < 1.29 is 13.2 Å². The van der Waals surface area contributed by atoms with Gasteiger partial charge < -0.3 is 0 Å². The summed E-state index contributed by atoms with van der Waals surface area (Å²) in [6.45, 7) is 5.42. The molecule has 0 amide bonds. The molecule has 2 aromatic carbocycles. The van der Waals surface area contributed by atoms with Gasteiger partial charge in [0, 0.05) is 11.6 Å². The number of hydrogen-bond donors (Lipinski definition) is 0. The molecule has 1 fully saturated rings. The van der Waals surface area contributed by atoms with Crippen LogP contribution in [0.1, 0.15) is 44.1 Å². The van der Waals surface area contributed by atoms with Crippen LogP contribution in [-0.4, -0.2) is 6.79 Å². The zero-order valence-electron chi connectivity index (χ0n) is 13.3. The molecule has 0 aliphatic heterocycles. The van der Waals surface area contributed by atoms with Gasteiger partial charge in [0.15, 0.2) is 5.82 Å².